The Hall–Kier alpha value is -2.32. The number of rotatable bonds is 4. The second-order valence-electron chi connectivity index (χ2n) is 4.13. The number of carbonyl (C=O) groups is 1. The number of aromatic nitrogens is 1. The van der Waals surface area contributed by atoms with Gasteiger partial charge in [0, 0.05) is 5.56 Å². The second kappa shape index (κ2) is 6.22. The molecule has 1 unspecified atom stereocenters. The van der Waals surface area contributed by atoms with Crippen LogP contribution in [0.3, 0.4) is 0 Å². The van der Waals surface area contributed by atoms with Gasteiger partial charge in [-0.05, 0) is 19.1 Å². The zero-order valence-corrected chi connectivity index (χ0v) is 11.6. The van der Waals surface area contributed by atoms with Crippen molar-refractivity contribution in [2.45, 2.75) is 17.2 Å². The van der Waals surface area contributed by atoms with Crippen molar-refractivity contribution in [3.63, 3.8) is 0 Å². The molecule has 1 atom stereocenters. The molecule has 2 rings (SSSR count). The summed E-state index contributed by atoms with van der Waals surface area (Å²) in [6.07, 6.45) is 0. The van der Waals surface area contributed by atoms with Gasteiger partial charge in [0.1, 0.15) is 16.3 Å². The molecule has 0 fully saturated rings. The first-order valence-electron chi connectivity index (χ1n) is 5.98. The van der Waals surface area contributed by atoms with Crippen molar-refractivity contribution in [1.82, 2.24) is 4.98 Å². The summed E-state index contributed by atoms with van der Waals surface area (Å²) in [5, 5.41) is 17.8. The van der Waals surface area contributed by atoms with Crippen LogP contribution in [0.25, 0.3) is 11.3 Å². The number of carboxylic acids is 1. The maximum absolute atomic E-state index is 10.9. The minimum absolute atomic E-state index is 0.391. The summed E-state index contributed by atoms with van der Waals surface area (Å²) in [6, 6.07) is 15.0. The van der Waals surface area contributed by atoms with Crippen LogP contribution >= 0.6 is 11.8 Å². The molecule has 1 heterocycles. The fourth-order valence-electron chi connectivity index (χ4n) is 1.60. The van der Waals surface area contributed by atoms with Crippen molar-refractivity contribution in [3.8, 4) is 17.3 Å². The lowest BCUT2D eigenvalue weighted by Crippen LogP contribution is -2.12. The minimum atomic E-state index is -0.925. The summed E-state index contributed by atoms with van der Waals surface area (Å²) in [5.41, 5.74) is 2.05. The van der Waals surface area contributed by atoms with E-state index in [9.17, 15) is 4.79 Å². The lowest BCUT2D eigenvalue weighted by atomic mass is 10.1. The van der Waals surface area contributed by atoms with E-state index in [4.69, 9.17) is 10.4 Å². The molecular formula is C15H12N2O2S. The van der Waals surface area contributed by atoms with Gasteiger partial charge in [-0.3, -0.25) is 4.79 Å². The van der Waals surface area contributed by atoms with Gasteiger partial charge in [0.25, 0.3) is 0 Å². The molecule has 0 aliphatic carbocycles. The molecule has 20 heavy (non-hydrogen) atoms. The third-order valence-electron chi connectivity index (χ3n) is 2.69. The quantitative estimate of drug-likeness (QED) is 0.873. The first-order valence-corrected chi connectivity index (χ1v) is 6.86. The third kappa shape index (κ3) is 3.16. The van der Waals surface area contributed by atoms with Gasteiger partial charge in [0.15, 0.2) is 0 Å². The molecule has 0 bridgehead atoms. The summed E-state index contributed by atoms with van der Waals surface area (Å²) in [4.78, 5) is 15.3. The van der Waals surface area contributed by atoms with Gasteiger partial charge in [0.05, 0.1) is 11.3 Å². The van der Waals surface area contributed by atoms with Crippen molar-refractivity contribution < 1.29 is 9.90 Å². The van der Waals surface area contributed by atoms with E-state index in [0.29, 0.717) is 10.6 Å². The molecule has 1 aromatic carbocycles. The Balaban J connectivity index is 2.40. The summed E-state index contributed by atoms with van der Waals surface area (Å²) in [5.74, 6) is -0.925. The van der Waals surface area contributed by atoms with Crippen LogP contribution in [0.15, 0.2) is 47.5 Å². The molecule has 0 radical (unpaired) electrons. The topological polar surface area (TPSA) is 74.0 Å². The zero-order valence-electron chi connectivity index (χ0n) is 10.8. The number of hydrogen-bond acceptors (Lipinski definition) is 4. The Kier molecular flexibility index (Phi) is 4.38. The van der Waals surface area contributed by atoms with E-state index in [-0.39, 0.29) is 0 Å². The molecule has 0 aliphatic heterocycles. The van der Waals surface area contributed by atoms with Crippen molar-refractivity contribution in [2.24, 2.45) is 0 Å². The first kappa shape index (κ1) is 14.1. The molecule has 2 aromatic rings. The van der Waals surface area contributed by atoms with Crippen molar-refractivity contribution in [2.75, 3.05) is 0 Å². The van der Waals surface area contributed by atoms with Crippen LogP contribution in [0, 0.1) is 11.3 Å². The Morgan fingerprint density at radius 1 is 1.30 bits per heavy atom. The molecule has 0 saturated carbocycles. The molecule has 5 heteroatoms. The van der Waals surface area contributed by atoms with Crippen LogP contribution in [0.5, 0.6) is 0 Å². The monoisotopic (exact) mass is 284 g/mol. The molecular weight excluding hydrogens is 272 g/mol. The first-order chi connectivity index (χ1) is 9.61. The summed E-state index contributed by atoms with van der Waals surface area (Å²) in [7, 11) is 0. The molecule has 0 spiro atoms. The van der Waals surface area contributed by atoms with E-state index in [1.165, 1.54) is 0 Å². The Morgan fingerprint density at radius 3 is 2.60 bits per heavy atom. The lowest BCUT2D eigenvalue weighted by Gasteiger charge is -2.09. The number of hydrogen-bond donors (Lipinski definition) is 1. The standard InChI is InChI=1S/C15H12N2O2S/c1-10(15(18)19)20-14-12(9-16)7-8-13(17-14)11-5-3-2-4-6-11/h2-8,10H,1H3,(H,18,19). The highest BCUT2D eigenvalue weighted by Gasteiger charge is 2.16. The van der Waals surface area contributed by atoms with Crippen LogP contribution < -0.4 is 0 Å². The largest absolute Gasteiger partial charge is 0.480 e. The van der Waals surface area contributed by atoms with Gasteiger partial charge >= 0.3 is 5.97 Å². The second-order valence-corrected chi connectivity index (χ2v) is 5.45. The Morgan fingerprint density at radius 2 is 2.00 bits per heavy atom. The Labute approximate surface area is 121 Å². The van der Waals surface area contributed by atoms with Gasteiger partial charge in [0.2, 0.25) is 0 Å². The van der Waals surface area contributed by atoms with Crippen LogP contribution in [-0.4, -0.2) is 21.3 Å². The summed E-state index contributed by atoms with van der Waals surface area (Å²) < 4.78 is 0. The van der Waals surface area contributed by atoms with E-state index < -0.39 is 11.2 Å². The predicted octanol–water partition coefficient (Wildman–Crippen LogP) is 3.19. The van der Waals surface area contributed by atoms with Gasteiger partial charge in [-0.2, -0.15) is 5.26 Å². The average molecular weight is 284 g/mol. The fraction of sp³-hybridized carbons (Fsp3) is 0.133. The van der Waals surface area contributed by atoms with E-state index >= 15 is 0 Å². The van der Waals surface area contributed by atoms with Crippen molar-refractivity contribution >= 4 is 17.7 Å². The van der Waals surface area contributed by atoms with Crippen LogP contribution in [0.2, 0.25) is 0 Å². The number of carboxylic acid groups (broad SMARTS) is 1. The maximum atomic E-state index is 10.9. The molecule has 0 aliphatic rings. The van der Waals surface area contributed by atoms with E-state index in [1.54, 1.807) is 19.1 Å². The highest BCUT2D eigenvalue weighted by atomic mass is 32.2. The zero-order chi connectivity index (χ0) is 14.5. The molecule has 100 valence electrons. The number of nitriles is 1. The van der Waals surface area contributed by atoms with Crippen LogP contribution in [-0.2, 0) is 4.79 Å². The van der Waals surface area contributed by atoms with Gasteiger partial charge in [-0.1, -0.05) is 42.1 Å². The number of nitrogens with zero attached hydrogens (tertiary/aromatic N) is 2. The van der Waals surface area contributed by atoms with E-state index in [0.717, 1.165) is 23.0 Å². The smallest absolute Gasteiger partial charge is 0.316 e. The SMILES string of the molecule is CC(Sc1nc(-c2ccccc2)ccc1C#N)C(=O)O. The lowest BCUT2D eigenvalue weighted by molar-refractivity contribution is -0.136. The number of aliphatic carboxylic acids is 1. The third-order valence-corrected chi connectivity index (χ3v) is 3.78. The van der Waals surface area contributed by atoms with Gasteiger partial charge in [-0.15, -0.1) is 0 Å². The molecule has 0 saturated heterocycles. The highest BCUT2D eigenvalue weighted by Crippen LogP contribution is 2.28. The number of benzene rings is 1. The molecule has 4 nitrogen and oxygen atoms in total. The van der Waals surface area contributed by atoms with Gasteiger partial charge in [-0.25, -0.2) is 4.98 Å². The van der Waals surface area contributed by atoms with Crippen LogP contribution in [0.4, 0.5) is 0 Å². The predicted molar refractivity (Wildman–Crippen MR) is 77.3 cm³/mol. The fourth-order valence-corrected chi connectivity index (χ4v) is 2.43. The van der Waals surface area contributed by atoms with Crippen LogP contribution in [0.1, 0.15) is 12.5 Å². The maximum Gasteiger partial charge on any atom is 0.316 e. The van der Waals surface area contributed by atoms with Crippen molar-refractivity contribution in [3.05, 3.63) is 48.0 Å². The number of pyridine rings is 1. The summed E-state index contributed by atoms with van der Waals surface area (Å²) >= 11 is 1.08. The van der Waals surface area contributed by atoms with Crippen molar-refractivity contribution in [1.29, 1.82) is 5.26 Å². The van der Waals surface area contributed by atoms with Gasteiger partial charge < -0.3 is 5.11 Å². The normalized spacial score (nSPS) is 11.6. The van der Waals surface area contributed by atoms with E-state index in [1.807, 2.05) is 36.4 Å². The molecule has 0 amide bonds. The van der Waals surface area contributed by atoms with E-state index in [2.05, 4.69) is 4.98 Å². The molecule has 1 N–H and O–H groups in total. The molecule has 1 aromatic heterocycles. The Bertz CT molecular complexity index is 665. The number of thioether (sulfide) groups is 1. The minimum Gasteiger partial charge on any atom is -0.480 e. The average Bonchev–Trinajstić information content (AvgIpc) is 2.48. The summed E-state index contributed by atoms with van der Waals surface area (Å²) in [6.45, 7) is 1.57. The highest BCUT2D eigenvalue weighted by molar-refractivity contribution is 8.00.